The van der Waals surface area contributed by atoms with Crippen molar-refractivity contribution in [1.82, 2.24) is 15.0 Å². The Bertz CT molecular complexity index is 370. The molecule has 2 heterocycles. The highest BCUT2D eigenvalue weighted by Gasteiger charge is 2.32. The third-order valence-electron chi connectivity index (χ3n) is 3.49. The first-order valence-corrected chi connectivity index (χ1v) is 6.42. The molecule has 0 radical (unpaired) electrons. The van der Waals surface area contributed by atoms with Crippen LogP contribution >= 0.6 is 0 Å². The molecule has 1 aromatic rings. The van der Waals surface area contributed by atoms with E-state index >= 15 is 0 Å². The molecule has 2 fully saturated rings. The van der Waals surface area contributed by atoms with Crippen LogP contribution in [0.5, 0.6) is 0 Å². The van der Waals surface area contributed by atoms with Gasteiger partial charge in [0.2, 0.25) is 5.89 Å². The fourth-order valence-electron chi connectivity index (χ4n) is 2.42. The third kappa shape index (κ3) is 2.84. The highest BCUT2D eigenvalue weighted by atomic mass is 16.5. The fraction of sp³-hybridized carbons (Fsp3) is 0.833. The van der Waals surface area contributed by atoms with Gasteiger partial charge in [-0.2, -0.15) is 4.98 Å². The molecule has 5 nitrogen and oxygen atoms in total. The van der Waals surface area contributed by atoms with E-state index in [0.29, 0.717) is 5.92 Å². The van der Waals surface area contributed by atoms with E-state index in [-0.39, 0.29) is 0 Å². The van der Waals surface area contributed by atoms with Crippen molar-refractivity contribution in [2.24, 2.45) is 5.92 Å². The first-order chi connectivity index (χ1) is 8.31. The van der Waals surface area contributed by atoms with Crippen LogP contribution < -0.4 is 0 Å². The van der Waals surface area contributed by atoms with Crippen LogP contribution in [0.25, 0.3) is 0 Å². The SMILES string of the molecule is Cc1noc(CN(CC2CCOC2)C2CC2)n1. The van der Waals surface area contributed by atoms with Gasteiger partial charge in [-0.3, -0.25) is 4.90 Å². The van der Waals surface area contributed by atoms with Gasteiger partial charge in [-0.15, -0.1) is 0 Å². The molecule has 1 aromatic heterocycles. The normalized spacial score (nSPS) is 24.7. The second-order valence-corrected chi connectivity index (χ2v) is 5.13. The molecule has 1 aliphatic carbocycles. The smallest absolute Gasteiger partial charge is 0.240 e. The topological polar surface area (TPSA) is 51.4 Å². The van der Waals surface area contributed by atoms with Gasteiger partial charge in [0.25, 0.3) is 0 Å². The molecule has 0 aromatic carbocycles. The summed E-state index contributed by atoms with van der Waals surface area (Å²) in [4.78, 5) is 6.76. The van der Waals surface area contributed by atoms with E-state index in [1.165, 1.54) is 19.3 Å². The minimum Gasteiger partial charge on any atom is -0.381 e. The lowest BCUT2D eigenvalue weighted by Gasteiger charge is -2.22. The summed E-state index contributed by atoms with van der Waals surface area (Å²) in [5.41, 5.74) is 0. The van der Waals surface area contributed by atoms with Gasteiger partial charge in [-0.25, -0.2) is 0 Å². The number of nitrogens with zero attached hydrogens (tertiary/aromatic N) is 3. The van der Waals surface area contributed by atoms with E-state index in [2.05, 4.69) is 15.0 Å². The number of hydrogen-bond donors (Lipinski definition) is 0. The van der Waals surface area contributed by atoms with Crippen molar-refractivity contribution in [1.29, 1.82) is 0 Å². The van der Waals surface area contributed by atoms with Gasteiger partial charge in [-0.05, 0) is 32.1 Å². The quantitative estimate of drug-likeness (QED) is 0.774. The Morgan fingerprint density at radius 1 is 1.35 bits per heavy atom. The highest BCUT2D eigenvalue weighted by molar-refractivity contribution is 4.90. The van der Waals surface area contributed by atoms with Gasteiger partial charge in [0, 0.05) is 19.2 Å². The van der Waals surface area contributed by atoms with Crippen LogP contribution in [0, 0.1) is 12.8 Å². The molecule has 1 aliphatic heterocycles. The number of ether oxygens (including phenoxy) is 1. The van der Waals surface area contributed by atoms with Crippen molar-refractivity contribution in [2.45, 2.75) is 38.8 Å². The second kappa shape index (κ2) is 4.74. The van der Waals surface area contributed by atoms with Gasteiger partial charge in [0.15, 0.2) is 5.82 Å². The zero-order chi connectivity index (χ0) is 11.7. The van der Waals surface area contributed by atoms with Crippen molar-refractivity contribution < 1.29 is 9.26 Å². The van der Waals surface area contributed by atoms with Crippen molar-refractivity contribution in [3.8, 4) is 0 Å². The Balaban J connectivity index is 1.59. The van der Waals surface area contributed by atoms with E-state index in [9.17, 15) is 0 Å². The Labute approximate surface area is 101 Å². The summed E-state index contributed by atoms with van der Waals surface area (Å²) in [7, 11) is 0. The molecule has 2 aliphatic rings. The molecule has 0 bridgehead atoms. The molecule has 1 saturated carbocycles. The molecule has 94 valence electrons. The summed E-state index contributed by atoms with van der Waals surface area (Å²) in [6, 6.07) is 0.725. The molecular formula is C12H19N3O2. The first kappa shape index (κ1) is 11.2. The summed E-state index contributed by atoms with van der Waals surface area (Å²) in [6.07, 6.45) is 3.80. The van der Waals surface area contributed by atoms with E-state index < -0.39 is 0 Å². The maximum Gasteiger partial charge on any atom is 0.240 e. The molecule has 1 unspecified atom stereocenters. The summed E-state index contributed by atoms with van der Waals surface area (Å²) in [5.74, 6) is 2.15. The van der Waals surface area contributed by atoms with Crippen molar-refractivity contribution >= 4 is 0 Å². The van der Waals surface area contributed by atoms with E-state index in [1.807, 2.05) is 6.92 Å². The first-order valence-electron chi connectivity index (χ1n) is 6.42. The Morgan fingerprint density at radius 3 is 2.82 bits per heavy atom. The highest BCUT2D eigenvalue weighted by Crippen LogP contribution is 2.30. The number of aryl methyl sites for hydroxylation is 1. The lowest BCUT2D eigenvalue weighted by atomic mass is 10.1. The molecular weight excluding hydrogens is 218 g/mol. The van der Waals surface area contributed by atoms with Crippen LogP contribution in [-0.4, -0.2) is 40.8 Å². The van der Waals surface area contributed by atoms with E-state index in [0.717, 1.165) is 44.1 Å². The van der Waals surface area contributed by atoms with E-state index in [4.69, 9.17) is 9.26 Å². The summed E-state index contributed by atoms with van der Waals surface area (Å²) in [5, 5.41) is 3.84. The second-order valence-electron chi connectivity index (χ2n) is 5.13. The molecule has 1 saturated heterocycles. The largest absolute Gasteiger partial charge is 0.381 e. The van der Waals surface area contributed by atoms with Gasteiger partial charge < -0.3 is 9.26 Å². The Morgan fingerprint density at radius 2 is 2.24 bits per heavy atom. The Kier molecular flexibility index (Phi) is 3.11. The van der Waals surface area contributed by atoms with Crippen LogP contribution in [-0.2, 0) is 11.3 Å². The minimum absolute atomic E-state index is 0.680. The van der Waals surface area contributed by atoms with Crippen molar-refractivity contribution in [3.05, 3.63) is 11.7 Å². The number of aromatic nitrogens is 2. The molecule has 17 heavy (non-hydrogen) atoms. The number of rotatable bonds is 5. The van der Waals surface area contributed by atoms with Gasteiger partial charge in [0.05, 0.1) is 13.2 Å². The molecule has 0 amide bonds. The molecule has 0 spiro atoms. The zero-order valence-electron chi connectivity index (χ0n) is 10.3. The fourth-order valence-corrected chi connectivity index (χ4v) is 2.42. The van der Waals surface area contributed by atoms with Gasteiger partial charge in [-0.1, -0.05) is 5.16 Å². The summed E-state index contributed by atoms with van der Waals surface area (Å²) < 4.78 is 10.6. The Hall–Kier alpha value is -0.940. The monoisotopic (exact) mass is 237 g/mol. The maximum atomic E-state index is 5.43. The average Bonchev–Trinajstić information content (AvgIpc) is 2.89. The maximum absolute atomic E-state index is 5.43. The van der Waals surface area contributed by atoms with Crippen LogP contribution in [0.15, 0.2) is 4.52 Å². The lowest BCUT2D eigenvalue weighted by molar-refractivity contribution is 0.153. The predicted molar refractivity (Wildman–Crippen MR) is 61.4 cm³/mol. The third-order valence-corrected chi connectivity index (χ3v) is 3.49. The molecule has 3 rings (SSSR count). The summed E-state index contributed by atoms with van der Waals surface area (Å²) in [6.45, 7) is 5.59. The van der Waals surface area contributed by atoms with Crippen LogP contribution in [0.3, 0.4) is 0 Å². The standard InChI is InChI=1S/C12H19N3O2/c1-9-13-12(17-14-9)7-15(11-2-3-11)6-10-4-5-16-8-10/h10-11H,2-8H2,1H3. The van der Waals surface area contributed by atoms with Crippen molar-refractivity contribution in [3.63, 3.8) is 0 Å². The van der Waals surface area contributed by atoms with Gasteiger partial charge in [0.1, 0.15) is 0 Å². The predicted octanol–water partition coefficient (Wildman–Crippen LogP) is 1.38. The lowest BCUT2D eigenvalue weighted by Crippen LogP contribution is -2.31. The summed E-state index contributed by atoms with van der Waals surface area (Å²) >= 11 is 0. The molecule has 0 N–H and O–H groups in total. The average molecular weight is 237 g/mol. The minimum atomic E-state index is 0.680. The molecule has 1 atom stereocenters. The van der Waals surface area contributed by atoms with Gasteiger partial charge >= 0.3 is 0 Å². The van der Waals surface area contributed by atoms with Crippen LogP contribution in [0.4, 0.5) is 0 Å². The zero-order valence-corrected chi connectivity index (χ0v) is 10.3. The molecule has 5 heteroatoms. The van der Waals surface area contributed by atoms with Crippen molar-refractivity contribution in [2.75, 3.05) is 19.8 Å². The van der Waals surface area contributed by atoms with Crippen LogP contribution in [0.2, 0.25) is 0 Å². The number of hydrogen-bond acceptors (Lipinski definition) is 5. The van der Waals surface area contributed by atoms with Crippen LogP contribution in [0.1, 0.15) is 31.0 Å². The van der Waals surface area contributed by atoms with E-state index in [1.54, 1.807) is 0 Å².